The predicted molar refractivity (Wildman–Crippen MR) is 126 cm³/mol. The van der Waals surface area contributed by atoms with Crippen LogP contribution in [0.15, 0.2) is 60.4 Å². The third-order valence-electron chi connectivity index (χ3n) is 6.75. The zero-order chi connectivity index (χ0) is 24.0. The number of aliphatic hydroxyl groups is 4. The first-order valence-corrected chi connectivity index (χ1v) is 11.8. The number of hydrogen-bond acceptors (Lipinski definition) is 7. The fourth-order valence-electron chi connectivity index (χ4n) is 4.38. The molecule has 0 fully saturated rings. The van der Waals surface area contributed by atoms with E-state index in [4.69, 9.17) is 4.74 Å². The minimum atomic E-state index is -1.33. The molecule has 2 aliphatic carbocycles. The van der Waals surface area contributed by atoms with E-state index in [1.165, 1.54) is 6.08 Å². The van der Waals surface area contributed by atoms with E-state index in [0.717, 1.165) is 18.7 Å². The van der Waals surface area contributed by atoms with Crippen LogP contribution in [0.5, 0.6) is 0 Å². The zero-order valence-corrected chi connectivity index (χ0v) is 19.3. The van der Waals surface area contributed by atoms with Crippen molar-refractivity contribution in [2.45, 2.75) is 63.6 Å². The number of carbonyl (C=O) groups excluding carboxylic acids is 1. The van der Waals surface area contributed by atoms with Gasteiger partial charge in [0.25, 0.3) is 0 Å². The summed E-state index contributed by atoms with van der Waals surface area (Å²) >= 11 is 0. The number of carbonyl (C=O) groups is 1. The minimum Gasteiger partial charge on any atom is -0.462 e. The summed E-state index contributed by atoms with van der Waals surface area (Å²) in [7, 11) is 0. The normalized spacial score (nSPS) is 41.8. The largest absolute Gasteiger partial charge is 0.462 e. The minimum absolute atomic E-state index is 0.109. The van der Waals surface area contributed by atoms with Crippen molar-refractivity contribution in [1.82, 2.24) is 5.32 Å². The van der Waals surface area contributed by atoms with E-state index in [0.29, 0.717) is 12.3 Å². The molecule has 1 aliphatic heterocycles. The Balaban J connectivity index is 1.78. The second-order valence-electron chi connectivity index (χ2n) is 9.36. The van der Waals surface area contributed by atoms with Gasteiger partial charge in [-0.3, -0.25) is 4.79 Å². The molecule has 33 heavy (non-hydrogen) atoms. The van der Waals surface area contributed by atoms with Crippen LogP contribution in [-0.2, 0) is 9.53 Å². The van der Waals surface area contributed by atoms with Crippen molar-refractivity contribution in [3.05, 3.63) is 60.4 Å². The lowest BCUT2D eigenvalue weighted by Gasteiger charge is -2.34. The first-order chi connectivity index (χ1) is 15.8. The summed E-state index contributed by atoms with van der Waals surface area (Å²) in [5.74, 6) is -1.43. The highest BCUT2D eigenvalue weighted by Crippen LogP contribution is 2.33. The van der Waals surface area contributed by atoms with E-state index < -0.39 is 42.4 Å². The van der Waals surface area contributed by atoms with Gasteiger partial charge in [-0.05, 0) is 44.1 Å². The molecule has 9 atom stereocenters. The van der Waals surface area contributed by atoms with Gasteiger partial charge in [-0.25, -0.2) is 0 Å². The van der Waals surface area contributed by atoms with Gasteiger partial charge in [0.05, 0.1) is 18.1 Å². The maximum Gasteiger partial charge on any atom is 0.312 e. The van der Waals surface area contributed by atoms with Crippen molar-refractivity contribution in [2.75, 3.05) is 6.54 Å². The van der Waals surface area contributed by atoms with E-state index in [9.17, 15) is 25.2 Å². The molecule has 1 heterocycles. The Morgan fingerprint density at radius 3 is 2.48 bits per heavy atom. The molecule has 4 unspecified atom stereocenters. The summed E-state index contributed by atoms with van der Waals surface area (Å²) in [6.45, 7) is 4.32. The third kappa shape index (κ3) is 6.90. The molecule has 0 spiro atoms. The van der Waals surface area contributed by atoms with Crippen LogP contribution in [0, 0.1) is 23.7 Å². The van der Waals surface area contributed by atoms with Gasteiger partial charge in [0.1, 0.15) is 18.3 Å². The summed E-state index contributed by atoms with van der Waals surface area (Å²) < 4.78 is 5.68. The second kappa shape index (κ2) is 11.8. The average Bonchev–Trinajstić information content (AvgIpc) is 2.80. The topological polar surface area (TPSA) is 119 Å². The number of hydrogen-bond donors (Lipinski definition) is 5. The standard InChI is InChI=1S/C26H37NO6/c1-16-11-12-22(29)25(31)21(28)10-6-9-19-13-20(27-15-18-7-4-3-5-8-18)14-23(30)24(19)26(32)33-17(16)2/h3-7,9,11-12,14,16-19,21-25,27-31H,8,10,13,15H2,1-2H3/b9-6+,12-11-/t16-,17?,18?,19?,21+,22+,23?,24+,25+/m1/s1. The van der Waals surface area contributed by atoms with Gasteiger partial charge in [-0.2, -0.15) is 0 Å². The van der Waals surface area contributed by atoms with Gasteiger partial charge in [0, 0.05) is 18.2 Å². The highest BCUT2D eigenvalue weighted by molar-refractivity contribution is 5.75. The SMILES string of the molecule is CC1OC(=O)[C@@H]2C(O)C=C(NCC3C=CC=CC3)CC2/C=C/C[C@H](O)[C@H](O)[C@@H](O)/C=C\[C@H]1C. The fraction of sp³-hybridized carbons (Fsp3) is 0.577. The number of ether oxygens (including phenoxy) is 1. The summed E-state index contributed by atoms with van der Waals surface area (Å²) in [4.78, 5) is 13.0. The van der Waals surface area contributed by atoms with Gasteiger partial charge in [-0.15, -0.1) is 0 Å². The van der Waals surface area contributed by atoms with E-state index in [-0.39, 0.29) is 18.3 Å². The Morgan fingerprint density at radius 2 is 1.76 bits per heavy atom. The lowest BCUT2D eigenvalue weighted by Crippen LogP contribution is -2.41. The van der Waals surface area contributed by atoms with Crippen LogP contribution in [0.3, 0.4) is 0 Å². The lowest BCUT2D eigenvalue weighted by molar-refractivity contribution is -0.160. The fourth-order valence-corrected chi connectivity index (χ4v) is 4.38. The molecule has 7 heteroatoms. The van der Waals surface area contributed by atoms with Crippen molar-refractivity contribution in [2.24, 2.45) is 23.7 Å². The van der Waals surface area contributed by atoms with Crippen LogP contribution in [-0.4, -0.2) is 63.5 Å². The van der Waals surface area contributed by atoms with Crippen LogP contribution >= 0.6 is 0 Å². The Bertz CT molecular complexity index is 816. The van der Waals surface area contributed by atoms with Crippen molar-refractivity contribution in [1.29, 1.82) is 0 Å². The number of esters is 1. The molecular formula is C26H37NO6. The third-order valence-corrected chi connectivity index (χ3v) is 6.75. The number of cyclic esters (lactones) is 1. The van der Waals surface area contributed by atoms with Crippen molar-refractivity contribution >= 4 is 5.97 Å². The number of allylic oxidation sites excluding steroid dienone is 5. The van der Waals surface area contributed by atoms with E-state index in [1.807, 2.05) is 19.1 Å². The first kappa shape index (κ1) is 25.4. The highest BCUT2D eigenvalue weighted by Gasteiger charge is 2.39. The van der Waals surface area contributed by atoms with Crippen LogP contribution in [0.4, 0.5) is 0 Å². The summed E-state index contributed by atoms with van der Waals surface area (Å²) in [6.07, 6.45) is 12.9. The van der Waals surface area contributed by atoms with Gasteiger partial charge < -0.3 is 30.5 Å². The second-order valence-corrected chi connectivity index (χ2v) is 9.36. The smallest absolute Gasteiger partial charge is 0.312 e. The first-order valence-electron chi connectivity index (χ1n) is 11.8. The Kier molecular flexibility index (Phi) is 9.09. The van der Waals surface area contributed by atoms with Crippen molar-refractivity contribution in [3.8, 4) is 0 Å². The molecule has 3 rings (SSSR count). The maximum atomic E-state index is 13.0. The monoisotopic (exact) mass is 459 g/mol. The Morgan fingerprint density at radius 1 is 0.970 bits per heavy atom. The predicted octanol–water partition coefficient (Wildman–Crippen LogP) is 1.76. The number of fused-ring (bicyclic) bond motifs is 1. The molecule has 0 saturated carbocycles. The molecule has 0 radical (unpaired) electrons. The molecule has 5 N–H and O–H groups in total. The molecule has 0 aromatic carbocycles. The molecule has 0 saturated heterocycles. The summed E-state index contributed by atoms with van der Waals surface area (Å²) in [5, 5.41) is 44.9. The van der Waals surface area contributed by atoms with Gasteiger partial charge >= 0.3 is 5.97 Å². The van der Waals surface area contributed by atoms with Crippen LogP contribution < -0.4 is 5.32 Å². The van der Waals surface area contributed by atoms with Crippen molar-refractivity contribution in [3.63, 3.8) is 0 Å². The van der Waals surface area contributed by atoms with Gasteiger partial charge in [0.2, 0.25) is 0 Å². The summed E-state index contributed by atoms with van der Waals surface area (Å²) in [6, 6.07) is 0. The molecule has 0 amide bonds. The molecule has 3 aliphatic rings. The van der Waals surface area contributed by atoms with E-state index in [1.54, 1.807) is 31.2 Å². The lowest BCUT2D eigenvalue weighted by atomic mass is 9.79. The Hall–Kier alpha value is -2.19. The molecule has 7 nitrogen and oxygen atoms in total. The van der Waals surface area contributed by atoms with E-state index in [2.05, 4.69) is 17.5 Å². The molecule has 182 valence electrons. The molecule has 0 aromatic heterocycles. The maximum absolute atomic E-state index is 13.0. The van der Waals surface area contributed by atoms with Gasteiger partial charge in [0.15, 0.2) is 0 Å². The molecular weight excluding hydrogens is 422 g/mol. The number of nitrogens with one attached hydrogen (secondary N) is 1. The average molecular weight is 460 g/mol. The van der Waals surface area contributed by atoms with Crippen molar-refractivity contribution < 1.29 is 30.0 Å². The van der Waals surface area contributed by atoms with Crippen LogP contribution in [0.2, 0.25) is 0 Å². The summed E-state index contributed by atoms with van der Waals surface area (Å²) in [5.41, 5.74) is 0.866. The number of rotatable bonds is 3. The van der Waals surface area contributed by atoms with Gasteiger partial charge in [-0.1, -0.05) is 55.5 Å². The molecule has 0 bridgehead atoms. The zero-order valence-electron chi connectivity index (χ0n) is 19.3. The molecule has 0 aromatic rings. The van der Waals surface area contributed by atoms with Crippen LogP contribution in [0.1, 0.15) is 33.1 Å². The van der Waals surface area contributed by atoms with E-state index >= 15 is 0 Å². The number of aliphatic hydroxyl groups excluding tert-OH is 4. The quantitative estimate of drug-likeness (QED) is 0.322. The van der Waals surface area contributed by atoms with Crippen LogP contribution in [0.25, 0.3) is 0 Å². The Labute approximate surface area is 195 Å². The highest BCUT2D eigenvalue weighted by atomic mass is 16.5.